The van der Waals surface area contributed by atoms with Gasteiger partial charge in [0.25, 0.3) is 5.91 Å². The minimum atomic E-state index is -0.389. The molecule has 6 heteroatoms. The Kier molecular flexibility index (Phi) is 6.78. The molecular formula is C14H21ClN2O3. The van der Waals surface area contributed by atoms with Crippen molar-refractivity contribution in [1.82, 2.24) is 0 Å². The molecule has 1 amide bonds. The van der Waals surface area contributed by atoms with Gasteiger partial charge in [0.1, 0.15) is 11.9 Å². The zero-order chi connectivity index (χ0) is 13.7. The Bertz CT molecular complexity index is 425. The van der Waals surface area contributed by atoms with Crippen LogP contribution in [-0.4, -0.2) is 31.3 Å². The summed E-state index contributed by atoms with van der Waals surface area (Å²) in [5.41, 5.74) is 6.27. The van der Waals surface area contributed by atoms with Crippen LogP contribution in [0.2, 0.25) is 0 Å². The number of carbonyl (C=O) groups excluding carboxylic acids is 1. The van der Waals surface area contributed by atoms with Gasteiger partial charge in [-0.05, 0) is 44.0 Å². The van der Waals surface area contributed by atoms with Gasteiger partial charge in [0.05, 0.1) is 12.7 Å². The zero-order valence-electron chi connectivity index (χ0n) is 11.5. The first-order valence-corrected chi connectivity index (χ1v) is 6.62. The Morgan fingerprint density at radius 1 is 1.40 bits per heavy atom. The largest absolute Gasteiger partial charge is 0.494 e. The van der Waals surface area contributed by atoms with Crippen molar-refractivity contribution in [2.45, 2.75) is 32.0 Å². The smallest absolute Gasteiger partial charge is 0.253 e. The van der Waals surface area contributed by atoms with Crippen LogP contribution in [0, 0.1) is 0 Å². The molecule has 1 saturated heterocycles. The fraction of sp³-hybridized carbons (Fsp3) is 0.500. The molecule has 0 aliphatic carbocycles. The predicted octanol–water partition coefficient (Wildman–Crippen LogP) is 1.95. The Morgan fingerprint density at radius 3 is 2.65 bits per heavy atom. The molecular weight excluding hydrogens is 280 g/mol. The van der Waals surface area contributed by atoms with Gasteiger partial charge in [-0.25, -0.2) is 0 Å². The molecule has 0 unspecified atom stereocenters. The van der Waals surface area contributed by atoms with Crippen molar-refractivity contribution in [2.75, 3.05) is 18.5 Å². The molecule has 2 rings (SSSR count). The van der Waals surface area contributed by atoms with Crippen molar-refractivity contribution in [3.05, 3.63) is 24.3 Å². The van der Waals surface area contributed by atoms with E-state index in [0.29, 0.717) is 13.2 Å². The molecule has 1 fully saturated rings. The topological polar surface area (TPSA) is 73.6 Å². The molecule has 3 N–H and O–H groups in total. The van der Waals surface area contributed by atoms with Gasteiger partial charge in [0, 0.05) is 12.2 Å². The number of ether oxygens (including phenoxy) is 2. The highest BCUT2D eigenvalue weighted by Gasteiger charge is 2.29. The van der Waals surface area contributed by atoms with Crippen LogP contribution in [0.15, 0.2) is 24.3 Å². The highest BCUT2D eigenvalue weighted by atomic mass is 35.5. The van der Waals surface area contributed by atoms with Gasteiger partial charge in [0.2, 0.25) is 0 Å². The number of halogens is 1. The van der Waals surface area contributed by atoms with Crippen molar-refractivity contribution >= 4 is 24.0 Å². The van der Waals surface area contributed by atoms with Crippen molar-refractivity contribution in [3.8, 4) is 5.75 Å². The second-order valence-electron chi connectivity index (χ2n) is 4.51. The van der Waals surface area contributed by atoms with E-state index in [9.17, 15) is 4.79 Å². The zero-order valence-corrected chi connectivity index (χ0v) is 12.3. The molecule has 1 aromatic rings. The van der Waals surface area contributed by atoms with Crippen molar-refractivity contribution in [3.63, 3.8) is 0 Å². The molecule has 0 bridgehead atoms. The summed E-state index contributed by atoms with van der Waals surface area (Å²) in [7, 11) is 0. The van der Waals surface area contributed by atoms with Crippen molar-refractivity contribution in [2.24, 2.45) is 5.73 Å². The summed E-state index contributed by atoms with van der Waals surface area (Å²) in [5.74, 6) is 0.681. The normalized spacial score (nSPS) is 21.1. The minimum absolute atomic E-state index is 0. The SMILES string of the molecule is CCOc1ccc(NC(=O)[C@@H]2CC[C@H](CN)O2)cc1.Cl. The van der Waals surface area contributed by atoms with Crippen molar-refractivity contribution < 1.29 is 14.3 Å². The molecule has 0 radical (unpaired) electrons. The second-order valence-corrected chi connectivity index (χ2v) is 4.51. The second kappa shape index (κ2) is 8.09. The first-order valence-electron chi connectivity index (χ1n) is 6.62. The molecule has 1 aliphatic rings. The Morgan fingerprint density at radius 2 is 2.10 bits per heavy atom. The molecule has 5 nitrogen and oxygen atoms in total. The number of benzene rings is 1. The van der Waals surface area contributed by atoms with Gasteiger partial charge in [0.15, 0.2) is 0 Å². The Balaban J connectivity index is 0.00000200. The van der Waals surface area contributed by atoms with Crippen LogP contribution in [-0.2, 0) is 9.53 Å². The molecule has 1 heterocycles. The molecule has 1 aromatic carbocycles. The highest BCUT2D eigenvalue weighted by molar-refractivity contribution is 5.94. The Hall–Kier alpha value is -1.30. The lowest BCUT2D eigenvalue weighted by Crippen LogP contribution is -2.29. The van der Waals surface area contributed by atoms with Crippen LogP contribution in [0.3, 0.4) is 0 Å². The summed E-state index contributed by atoms with van der Waals surface area (Å²) in [4.78, 5) is 12.0. The summed E-state index contributed by atoms with van der Waals surface area (Å²) in [6, 6.07) is 7.30. The monoisotopic (exact) mass is 300 g/mol. The van der Waals surface area contributed by atoms with E-state index in [1.165, 1.54) is 0 Å². The number of hydrogen-bond acceptors (Lipinski definition) is 4. The number of hydrogen-bond donors (Lipinski definition) is 2. The fourth-order valence-electron chi connectivity index (χ4n) is 2.10. The minimum Gasteiger partial charge on any atom is -0.494 e. The molecule has 0 saturated carbocycles. The quantitative estimate of drug-likeness (QED) is 0.872. The average molecular weight is 301 g/mol. The maximum atomic E-state index is 12.0. The van der Waals surface area contributed by atoms with Crippen LogP contribution >= 0.6 is 12.4 Å². The van der Waals surface area contributed by atoms with Crippen LogP contribution in [0.4, 0.5) is 5.69 Å². The summed E-state index contributed by atoms with van der Waals surface area (Å²) in [6.07, 6.45) is 1.19. The van der Waals surface area contributed by atoms with Gasteiger partial charge in [-0.3, -0.25) is 4.79 Å². The van der Waals surface area contributed by atoms with Crippen LogP contribution in [0.1, 0.15) is 19.8 Å². The van der Waals surface area contributed by atoms with E-state index in [2.05, 4.69) is 5.32 Å². The van der Waals surface area contributed by atoms with E-state index in [-0.39, 0.29) is 30.5 Å². The van der Waals surface area contributed by atoms with E-state index in [1.54, 1.807) is 0 Å². The standard InChI is InChI=1S/C14H20N2O3.ClH/c1-2-18-11-5-3-10(4-6-11)16-14(17)13-8-7-12(9-15)19-13;/h3-6,12-13H,2,7-9,15H2,1H3,(H,16,17);1H/t12-,13+;/m1./s1. The summed E-state index contributed by atoms with van der Waals surface area (Å²) in [6.45, 7) is 3.02. The first kappa shape index (κ1) is 16.8. The third-order valence-corrected chi connectivity index (χ3v) is 3.10. The molecule has 112 valence electrons. The molecule has 0 spiro atoms. The van der Waals surface area contributed by atoms with Crippen LogP contribution in [0.5, 0.6) is 5.75 Å². The predicted molar refractivity (Wildman–Crippen MR) is 80.4 cm³/mol. The molecule has 1 aliphatic heterocycles. The highest BCUT2D eigenvalue weighted by Crippen LogP contribution is 2.21. The van der Waals surface area contributed by atoms with E-state index < -0.39 is 0 Å². The lowest BCUT2D eigenvalue weighted by atomic mass is 10.2. The number of carbonyl (C=O) groups is 1. The lowest BCUT2D eigenvalue weighted by molar-refractivity contribution is -0.126. The molecule has 2 atom stereocenters. The van der Waals surface area contributed by atoms with Gasteiger partial charge in [-0.15, -0.1) is 12.4 Å². The van der Waals surface area contributed by atoms with E-state index in [0.717, 1.165) is 24.3 Å². The Labute approximate surface area is 125 Å². The summed E-state index contributed by atoms with van der Waals surface area (Å²) < 4.78 is 10.9. The maximum absolute atomic E-state index is 12.0. The maximum Gasteiger partial charge on any atom is 0.253 e. The first-order chi connectivity index (χ1) is 9.22. The van der Waals surface area contributed by atoms with Crippen molar-refractivity contribution in [1.29, 1.82) is 0 Å². The summed E-state index contributed by atoms with van der Waals surface area (Å²) >= 11 is 0. The van der Waals surface area contributed by atoms with E-state index in [4.69, 9.17) is 15.2 Å². The number of anilines is 1. The number of nitrogens with two attached hydrogens (primary N) is 1. The third-order valence-electron chi connectivity index (χ3n) is 3.10. The number of amides is 1. The number of nitrogens with one attached hydrogen (secondary N) is 1. The third kappa shape index (κ3) is 4.37. The van der Waals surface area contributed by atoms with Gasteiger partial charge < -0.3 is 20.5 Å². The van der Waals surface area contributed by atoms with Gasteiger partial charge in [-0.2, -0.15) is 0 Å². The molecule has 20 heavy (non-hydrogen) atoms. The van der Waals surface area contributed by atoms with Gasteiger partial charge >= 0.3 is 0 Å². The fourth-order valence-corrected chi connectivity index (χ4v) is 2.10. The lowest BCUT2D eigenvalue weighted by Gasteiger charge is -2.13. The van der Waals surface area contributed by atoms with Crippen LogP contribution in [0.25, 0.3) is 0 Å². The number of rotatable bonds is 5. The van der Waals surface area contributed by atoms with E-state index >= 15 is 0 Å². The average Bonchev–Trinajstić information content (AvgIpc) is 2.90. The molecule has 0 aromatic heterocycles. The summed E-state index contributed by atoms with van der Waals surface area (Å²) in [5, 5.41) is 2.84. The van der Waals surface area contributed by atoms with Gasteiger partial charge in [-0.1, -0.05) is 0 Å². The van der Waals surface area contributed by atoms with Crippen LogP contribution < -0.4 is 15.8 Å². The van der Waals surface area contributed by atoms with E-state index in [1.807, 2.05) is 31.2 Å².